The lowest BCUT2D eigenvalue weighted by atomic mass is 10.1. The molecule has 0 unspecified atom stereocenters. The zero-order valence-electron chi connectivity index (χ0n) is 15.4. The molecule has 1 aliphatic rings. The first-order chi connectivity index (χ1) is 14.0. The highest BCUT2D eigenvalue weighted by atomic mass is 35.5. The molecule has 2 aromatic carbocycles. The van der Waals surface area contributed by atoms with Gasteiger partial charge in [0.2, 0.25) is 0 Å². The number of carbonyl (C=O) groups excluding carboxylic acids is 1. The molecule has 1 amide bonds. The number of rotatable bonds is 3. The zero-order chi connectivity index (χ0) is 20.5. The fourth-order valence-electron chi connectivity index (χ4n) is 3.18. The number of furan rings is 1. The van der Waals surface area contributed by atoms with E-state index in [1.54, 1.807) is 23.1 Å². The number of anilines is 1. The van der Waals surface area contributed by atoms with Crippen LogP contribution in [-0.2, 0) is 4.79 Å². The van der Waals surface area contributed by atoms with Crippen LogP contribution < -0.4 is 10.2 Å². The van der Waals surface area contributed by atoms with Crippen molar-refractivity contribution in [2.75, 3.05) is 4.90 Å². The van der Waals surface area contributed by atoms with E-state index < -0.39 is 12.1 Å². The van der Waals surface area contributed by atoms with E-state index in [0.717, 1.165) is 16.8 Å². The molecular formula is C22H16ClN3O2S. The minimum atomic E-state index is -0.650. The number of halogens is 1. The molecule has 4 rings (SSSR count). The Hall–Kier alpha value is -3.14. The maximum atomic E-state index is 12.4. The Morgan fingerprint density at radius 1 is 1.17 bits per heavy atom. The van der Waals surface area contributed by atoms with Gasteiger partial charge in [0.05, 0.1) is 5.03 Å². The summed E-state index contributed by atoms with van der Waals surface area (Å²) in [5.41, 5.74) is 2.65. The molecule has 1 aromatic heterocycles. The van der Waals surface area contributed by atoms with E-state index in [2.05, 4.69) is 17.9 Å². The van der Waals surface area contributed by atoms with Crippen molar-refractivity contribution in [2.24, 2.45) is 0 Å². The number of carbonyl (C=O) groups is 1. The highest BCUT2D eigenvalue weighted by Gasteiger charge is 2.35. The van der Waals surface area contributed by atoms with Crippen molar-refractivity contribution in [3.63, 3.8) is 0 Å². The highest BCUT2D eigenvalue weighted by Crippen LogP contribution is 2.37. The third-order valence-electron chi connectivity index (χ3n) is 4.63. The van der Waals surface area contributed by atoms with Gasteiger partial charge < -0.3 is 14.6 Å². The van der Waals surface area contributed by atoms with Crippen LogP contribution in [0.2, 0.25) is 5.02 Å². The Bertz CT molecular complexity index is 1160. The monoisotopic (exact) mass is 421 g/mol. The Kier molecular flexibility index (Phi) is 5.10. The molecule has 5 nitrogen and oxygen atoms in total. The van der Waals surface area contributed by atoms with Gasteiger partial charge in [0.15, 0.2) is 6.17 Å². The van der Waals surface area contributed by atoms with Gasteiger partial charge in [-0.3, -0.25) is 4.79 Å². The van der Waals surface area contributed by atoms with Crippen LogP contribution in [0.5, 0.6) is 0 Å². The van der Waals surface area contributed by atoms with E-state index in [1.165, 1.54) is 0 Å². The normalized spacial score (nSPS) is 16.6. The molecular weight excluding hydrogens is 406 g/mol. The molecule has 2 heterocycles. The first-order valence-corrected chi connectivity index (χ1v) is 9.66. The largest absolute Gasteiger partial charge is 0.457 e. The van der Waals surface area contributed by atoms with Crippen LogP contribution in [0, 0.1) is 18.3 Å². The standard InChI is InChI=1S/C22H16ClN3O2S/c1-13-5-7-16(8-6-13)26-20(25-21(27)17(12-24)22(26)29)19-10-9-18(28-19)14-3-2-4-15(23)11-14/h2-11,20,29H,1H3,(H,25,27)/t20-/m0/s1. The van der Waals surface area contributed by atoms with Gasteiger partial charge in [-0.05, 0) is 43.3 Å². The number of nitriles is 1. The molecule has 0 saturated carbocycles. The average Bonchev–Trinajstić information content (AvgIpc) is 3.19. The molecule has 0 radical (unpaired) electrons. The Morgan fingerprint density at radius 3 is 2.62 bits per heavy atom. The van der Waals surface area contributed by atoms with E-state index >= 15 is 0 Å². The lowest BCUT2D eigenvalue weighted by molar-refractivity contribution is -0.118. The highest BCUT2D eigenvalue weighted by molar-refractivity contribution is 7.84. The first kappa shape index (κ1) is 19.2. The van der Waals surface area contributed by atoms with Gasteiger partial charge in [-0.15, -0.1) is 12.6 Å². The summed E-state index contributed by atoms with van der Waals surface area (Å²) in [4.78, 5) is 14.2. The molecule has 1 N–H and O–H groups in total. The molecule has 0 saturated heterocycles. The van der Waals surface area contributed by atoms with Crippen molar-refractivity contribution in [3.8, 4) is 17.4 Å². The van der Waals surface area contributed by atoms with Crippen LogP contribution in [-0.4, -0.2) is 5.91 Å². The second-order valence-corrected chi connectivity index (χ2v) is 7.46. The van der Waals surface area contributed by atoms with E-state index in [9.17, 15) is 10.1 Å². The number of aryl methyl sites for hydroxylation is 1. The molecule has 1 atom stereocenters. The number of benzene rings is 2. The minimum absolute atomic E-state index is 0.0493. The Morgan fingerprint density at radius 2 is 1.93 bits per heavy atom. The summed E-state index contributed by atoms with van der Waals surface area (Å²) in [6, 6.07) is 20.6. The zero-order valence-corrected chi connectivity index (χ0v) is 17.0. The number of nitrogens with zero attached hydrogens (tertiary/aromatic N) is 2. The van der Waals surface area contributed by atoms with E-state index in [-0.39, 0.29) is 10.6 Å². The average molecular weight is 422 g/mol. The van der Waals surface area contributed by atoms with Crippen LogP contribution in [0.25, 0.3) is 11.3 Å². The maximum absolute atomic E-state index is 12.4. The van der Waals surface area contributed by atoms with Gasteiger partial charge in [-0.2, -0.15) is 5.26 Å². The van der Waals surface area contributed by atoms with Crippen molar-refractivity contribution >= 4 is 35.8 Å². The molecule has 144 valence electrons. The smallest absolute Gasteiger partial charge is 0.266 e. The minimum Gasteiger partial charge on any atom is -0.457 e. The van der Waals surface area contributed by atoms with Gasteiger partial charge in [0, 0.05) is 16.3 Å². The summed E-state index contributed by atoms with van der Waals surface area (Å²) in [6.07, 6.45) is -0.650. The predicted molar refractivity (Wildman–Crippen MR) is 115 cm³/mol. The van der Waals surface area contributed by atoms with Crippen LogP contribution in [0.15, 0.2) is 75.7 Å². The van der Waals surface area contributed by atoms with Crippen molar-refractivity contribution in [2.45, 2.75) is 13.1 Å². The summed E-state index contributed by atoms with van der Waals surface area (Å²) in [5.74, 6) is 0.639. The quantitative estimate of drug-likeness (QED) is 0.569. The molecule has 0 aliphatic carbocycles. The van der Waals surface area contributed by atoms with Gasteiger partial charge >= 0.3 is 0 Å². The summed E-state index contributed by atoms with van der Waals surface area (Å²) >= 11 is 10.6. The van der Waals surface area contributed by atoms with Gasteiger partial charge in [-0.1, -0.05) is 41.4 Å². The second-order valence-electron chi connectivity index (χ2n) is 6.60. The van der Waals surface area contributed by atoms with Crippen molar-refractivity contribution in [1.29, 1.82) is 5.26 Å². The van der Waals surface area contributed by atoms with Gasteiger partial charge in [-0.25, -0.2) is 0 Å². The Labute approximate surface area is 178 Å². The third kappa shape index (κ3) is 3.63. The number of nitrogens with one attached hydrogen (secondary N) is 1. The lowest BCUT2D eigenvalue weighted by Gasteiger charge is -2.36. The second kappa shape index (κ2) is 7.70. The molecule has 7 heteroatoms. The molecule has 29 heavy (non-hydrogen) atoms. The number of amides is 1. The molecule has 0 fully saturated rings. The summed E-state index contributed by atoms with van der Waals surface area (Å²) < 4.78 is 6.05. The number of hydrogen-bond acceptors (Lipinski definition) is 5. The molecule has 0 spiro atoms. The molecule has 0 bridgehead atoms. The first-order valence-electron chi connectivity index (χ1n) is 8.83. The Balaban J connectivity index is 1.79. The van der Waals surface area contributed by atoms with Crippen molar-refractivity contribution in [1.82, 2.24) is 5.32 Å². The van der Waals surface area contributed by atoms with E-state index in [4.69, 9.17) is 16.0 Å². The van der Waals surface area contributed by atoms with E-state index in [1.807, 2.05) is 55.5 Å². The van der Waals surface area contributed by atoms with Gasteiger partial charge in [0.1, 0.15) is 23.2 Å². The summed E-state index contributed by atoms with van der Waals surface area (Å²) in [5, 5.41) is 13.1. The van der Waals surface area contributed by atoms with Gasteiger partial charge in [0.25, 0.3) is 5.91 Å². The summed E-state index contributed by atoms with van der Waals surface area (Å²) in [7, 11) is 0. The molecule has 1 aliphatic heterocycles. The fourth-order valence-corrected chi connectivity index (χ4v) is 3.75. The van der Waals surface area contributed by atoms with Crippen LogP contribution in [0.4, 0.5) is 5.69 Å². The van der Waals surface area contributed by atoms with E-state index in [0.29, 0.717) is 16.5 Å². The number of hydrogen-bond donors (Lipinski definition) is 2. The lowest BCUT2D eigenvalue weighted by Crippen LogP contribution is -2.45. The van der Waals surface area contributed by atoms with Crippen molar-refractivity contribution in [3.05, 3.63) is 87.6 Å². The third-order valence-corrected chi connectivity index (χ3v) is 5.31. The van der Waals surface area contributed by atoms with Crippen LogP contribution in [0.3, 0.4) is 0 Å². The van der Waals surface area contributed by atoms with Crippen LogP contribution >= 0.6 is 24.2 Å². The predicted octanol–water partition coefficient (Wildman–Crippen LogP) is 5.21. The number of thiol groups is 1. The van der Waals surface area contributed by atoms with Crippen molar-refractivity contribution < 1.29 is 9.21 Å². The fraction of sp³-hybridized carbons (Fsp3) is 0.0909. The van der Waals surface area contributed by atoms with Crippen LogP contribution in [0.1, 0.15) is 17.5 Å². The summed E-state index contributed by atoms with van der Waals surface area (Å²) in [6.45, 7) is 1.99. The maximum Gasteiger partial charge on any atom is 0.266 e. The SMILES string of the molecule is Cc1ccc(N2C(S)=C(C#N)C(=O)N[C@@H]2c2ccc(-c3cccc(Cl)c3)o2)cc1. The molecule has 3 aromatic rings. The topological polar surface area (TPSA) is 69.3 Å².